The molecular weight excluding hydrogens is 949 g/mol. The van der Waals surface area contributed by atoms with Gasteiger partial charge in [0, 0.05) is 47.7 Å². The highest BCUT2D eigenvalue weighted by Crippen LogP contribution is 2.46. The number of nitrogens with zero attached hydrogens (tertiary/aromatic N) is 2. The van der Waals surface area contributed by atoms with Gasteiger partial charge in [0.1, 0.15) is 11.5 Å². The van der Waals surface area contributed by atoms with Gasteiger partial charge in [-0.25, -0.2) is 0 Å². The molecule has 0 aromatic heterocycles. The molecule has 0 saturated carbocycles. The summed E-state index contributed by atoms with van der Waals surface area (Å²) in [7, 11) is 4.23. The van der Waals surface area contributed by atoms with Gasteiger partial charge in [-0.2, -0.15) is 0 Å². The Labute approximate surface area is 464 Å². The van der Waals surface area contributed by atoms with Crippen LogP contribution in [0.5, 0.6) is 11.5 Å². The maximum atomic E-state index is 5.92. The molecule has 0 amide bonds. The zero-order valence-corrected chi connectivity index (χ0v) is 46.9. The number of ether oxygens (including phenoxy) is 2. The highest BCUT2D eigenvalue weighted by Gasteiger charge is 2.35. The van der Waals surface area contributed by atoms with Crippen molar-refractivity contribution in [2.45, 2.75) is 78.1 Å². The molecule has 0 bridgehead atoms. The number of hydrogen-bond acceptors (Lipinski definition) is 4. The van der Waals surface area contributed by atoms with Gasteiger partial charge in [-0.3, -0.25) is 0 Å². The monoisotopic (exact) mass is 1020 g/mol. The SMILES string of the molecule is CCCCOc1ccc(N(C)c2ccc(-c3ccc(C(C)(C)c4ccc(C(C)(c5ccc(-c6ccc(C)cc6)cc5)c5ccc(-c6ccc(N(C)c7ccc(OCCCC)cc7)cc6)cc5)c5ccccc45)cc3)cc2)cc1. The molecule has 0 spiro atoms. The van der Waals surface area contributed by atoms with Gasteiger partial charge in [0.2, 0.25) is 0 Å². The van der Waals surface area contributed by atoms with Crippen molar-refractivity contribution in [1.29, 1.82) is 0 Å². The summed E-state index contributed by atoms with van der Waals surface area (Å²) in [4.78, 5) is 4.44. The number of rotatable bonds is 20. The molecule has 10 aromatic rings. The second kappa shape index (κ2) is 23.5. The fourth-order valence-electron chi connectivity index (χ4n) is 11.0. The molecule has 392 valence electrons. The van der Waals surface area contributed by atoms with Crippen molar-refractivity contribution >= 4 is 33.5 Å². The zero-order valence-electron chi connectivity index (χ0n) is 46.9. The minimum Gasteiger partial charge on any atom is -0.494 e. The van der Waals surface area contributed by atoms with Crippen LogP contribution in [0.15, 0.2) is 231 Å². The average molecular weight is 1020 g/mol. The van der Waals surface area contributed by atoms with Gasteiger partial charge in [-0.05, 0) is 171 Å². The molecule has 0 aliphatic carbocycles. The lowest BCUT2D eigenvalue weighted by atomic mass is 9.67. The van der Waals surface area contributed by atoms with E-state index in [1.165, 1.54) is 77.5 Å². The summed E-state index contributed by atoms with van der Waals surface area (Å²) < 4.78 is 11.8. The molecule has 0 aliphatic heterocycles. The number of fused-ring (bicyclic) bond motifs is 1. The molecule has 10 aromatic carbocycles. The molecule has 0 radical (unpaired) electrons. The van der Waals surface area contributed by atoms with Crippen LogP contribution in [0.2, 0.25) is 0 Å². The quantitative estimate of drug-likeness (QED) is 0.0561. The fraction of sp³-hybridized carbons (Fsp3) is 0.216. The van der Waals surface area contributed by atoms with E-state index in [0.717, 1.165) is 73.1 Å². The number of benzene rings is 10. The Kier molecular flexibility index (Phi) is 16.0. The van der Waals surface area contributed by atoms with Gasteiger partial charge in [0.25, 0.3) is 0 Å². The summed E-state index contributed by atoms with van der Waals surface area (Å²) in [6, 6.07) is 85.0. The molecule has 0 fully saturated rings. The van der Waals surface area contributed by atoms with Crippen molar-refractivity contribution in [1.82, 2.24) is 0 Å². The van der Waals surface area contributed by atoms with Gasteiger partial charge in [-0.15, -0.1) is 0 Å². The van der Waals surface area contributed by atoms with Gasteiger partial charge >= 0.3 is 0 Å². The number of aryl methyl sites for hydroxylation is 1. The first kappa shape index (κ1) is 53.1. The first-order valence-electron chi connectivity index (χ1n) is 28.0. The summed E-state index contributed by atoms with van der Waals surface area (Å²) >= 11 is 0. The smallest absolute Gasteiger partial charge is 0.119 e. The molecule has 4 nitrogen and oxygen atoms in total. The van der Waals surface area contributed by atoms with Crippen LogP contribution < -0.4 is 19.3 Å². The van der Waals surface area contributed by atoms with E-state index < -0.39 is 5.41 Å². The predicted molar refractivity (Wildman–Crippen MR) is 332 cm³/mol. The van der Waals surface area contributed by atoms with Crippen molar-refractivity contribution in [3.63, 3.8) is 0 Å². The highest BCUT2D eigenvalue weighted by atomic mass is 16.5. The van der Waals surface area contributed by atoms with E-state index in [9.17, 15) is 0 Å². The molecule has 4 heteroatoms. The van der Waals surface area contributed by atoms with E-state index in [1.807, 2.05) is 0 Å². The first-order chi connectivity index (χ1) is 37.9. The third kappa shape index (κ3) is 11.2. The van der Waals surface area contributed by atoms with E-state index in [4.69, 9.17) is 9.47 Å². The van der Waals surface area contributed by atoms with Crippen LogP contribution in [0.1, 0.15) is 93.7 Å². The molecule has 0 heterocycles. The lowest BCUT2D eigenvalue weighted by Crippen LogP contribution is -2.27. The van der Waals surface area contributed by atoms with Crippen molar-refractivity contribution in [3.05, 3.63) is 264 Å². The van der Waals surface area contributed by atoms with Crippen molar-refractivity contribution < 1.29 is 9.47 Å². The van der Waals surface area contributed by atoms with E-state index in [2.05, 4.69) is 296 Å². The first-order valence-corrected chi connectivity index (χ1v) is 28.0. The summed E-state index contributed by atoms with van der Waals surface area (Å²) in [5.41, 5.74) is 18.5. The average Bonchev–Trinajstić information content (AvgIpc) is 3.55. The van der Waals surface area contributed by atoms with Crippen LogP contribution in [0, 0.1) is 6.92 Å². The molecule has 10 rings (SSSR count). The normalized spacial score (nSPS) is 12.3. The lowest BCUT2D eigenvalue weighted by Gasteiger charge is -2.35. The Morgan fingerprint density at radius 1 is 0.346 bits per heavy atom. The second-order valence-electron chi connectivity index (χ2n) is 21.7. The molecule has 1 atom stereocenters. The minimum atomic E-state index is -0.491. The van der Waals surface area contributed by atoms with Crippen LogP contribution in [0.25, 0.3) is 44.2 Å². The molecule has 0 N–H and O–H groups in total. The minimum absolute atomic E-state index is 0.286. The summed E-state index contributed by atoms with van der Waals surface area (Å²) in [5, 5.41) is 2.52. The number of unbranched alkanes of at least 4 members (excludes halogenated alkanes) is 2. The van der Waals surface area contributed by atoms with Gasteiger partial charge in [0.05, 0.1) is 13.2 Å². The molecular formula is C74H74N2O2. The zero-order chi connectivity index (χ0) is 54.2. The molecule has 1 unspecified atom stereocenters. The molecule has 0 aliphatic rings. The van der Waals surface area contributed by atoms with Crippen molar-refractivity contribution in [2.24, 2.45) is 0 Å². The Morgan fingerprint density at radius 2 is 0.654 bits per heavy atom. The Hall–Kier alpha value is -8.34. The Balaban J connectivity index is 0.932. The van der Waals surface area contributed by atoms with E-state index in [1.54, 1.807) is 0 Å². The standard InChI is InChI=1S/C74H74N2O2/c1-9-11-51-77-67-45-41-65(42-46-67)75(7)63-37-27-58(28-38-63)55-21-31-60(32-22-55)73(4,5)71-49-50-72(70-16-14-13-15-69(70)71)74(6,61-33-23-56(24-34-61)54-19-17-53(3)18-20-54)62-35-25-57(26-36-62)59-29-39-64(40-30-59)76(8)66-43-47-68(48-44-66)78-52-12-10-2/h13-50H,9-12,51-52H2,1-8H3. The maximum Gasteiger partial charge on any atom is 0.119 e. The lowest BCUT2D eigenvalue weighted by molar-refractivity contribution is 0.309. The Morgan fingerprint density at radius 3 is 1.03 bits per heavy atom. The van der Waals surface area contributed by atoms with Crippen LogP contribution in [-0.4, -0.2) is 27.3 Å². The van der Waals surface area contributed by atoms with Crippen LogP contribution in [0.4, 0.5) is 22.7 Å². The Bertz CT molecular complexity index is 3550. The van der Waals surface area contributed by atoms with Gasteiger partial charge in [0.15, 0.2) is 0 Å². The van der Waals surface area contributed by atoms with Crippen LogP contribution >= 0.6 is 0 Å². The molecule has 78 heavy (non-hydrogen) atoms. The third-order valence-corrected chi connectivity index (χ3v) is 16.2. The van der Waals surface area contributed by atoms with Crippen LogP contribution in [0.3, 0.4) is 0 Å². The van der Waals surface area contributed by atoms with Crippen LogP contribution in [-0.2, 0) is 10.8 Å². The van der Waals surface area contributed by atoms with E-state index in [0.29, 0.717) is 0 Å². The summed E-state index contributed by atoms with van der Waals surface area (Å²) in [6.45, 7) is 15.2. The largest absolute Gasteiger partial charge is 0.494 e. The van der Waals surface area contributed by atoms with Gasteiger partial charge in [-0.1, -0.05) is 204 Å². The van der Waals surface area contributed by atoms with Crippen molar-refractivity contribution in [2.75, 3.05) is 37.1 Å². The highest BCUT2D eigenvalue weighted by molar-refractivity contribution is 5.92. The topological polar surface area (TPSA) is 24.9 Å². The molecule has 0 saturated heterocycles. The number of hydrogen-bond donors (Lipinski definition) is 0. The number of anilines is 4. The van der Waals surface area contributed by atoms with E-state index in [-0.39, 0.29) is 5.41 Å². The van der Waals surface area contributed by atoms with Gasteiger partial charge < -0.3 is 19.3 Å². The summed E-state index contributed by atoms with van der Waals surface area (Å²) in [6.07, 6.45) is 4.37. The maximum absolute atomic E-state index is 5.92. The predicted octanol–water partition coefficient (Wildman–Crippen LogP) is 19.7. The van der Waals surface area contributed by atoms with E-state index >= 15 is 0 Å². The third-order valence-electron chi connectivity index (χ3n) is 16.2. The van der Waals surface area contributed by atoms with Crippen molar-refractivity contribution in [3.8, 4) is 44.9 Å². The fourth-order valence-corrected chi connectivity index (χ4v) is 11.0. The second-order valence-corrected chi connectivity index (χ2v) is 21.7. The summed E-state index contributed by atoms with van der Waals surface area (Å²) in [5.74, 6) is 1.83.